The topological polar surface area (TPSA) is 38.8 Å². The molecule has 18 heavy (non-hydrogen) atoms. The lowest BCUT2D eigenvalue weighted by atomic mass is 10.3. The van der Waals surface area contributed by atoms with Gasteiger partial charge in [0.15, 0.2) is 0 Å². The molecule has 0 aromatic rings. The predicted molar refractivity (Wildman–Crippen MR) is 72.5 cm³/mol. The van der Waals surface area contributed by atoms with Crippen LogP contribution in [0.5, 0.6) is 0 Å². The second-order valence-electron chi connectivity index (χ2n) is 4.11. The van der Waals surface area contributed by atoms with E-state index in [0.29, 0.717) is 26.4 Å². The first kappa shape index (κ1) is 17.1. The normalized spacial score (nSPS) is 10.2. The molecule has 0 heterocycles. The third-order valence-electron chi connectivity index (χ3n) is 2.23. The summed E-state index contributed by atoms with van der Waals surface area (Å²) in [6.07, 6.45) is 1.95. The van der Waals surface area contributed by atoms with Gasteiger partial charge in [-0.25, -0.2) is 0 Å². The lowest BCUT2D eigenvalue weighted by Gasteiger charge is -2.13. The van der Waals surface area contributed by atoms with Crippen LogP contribution in [0, 0.1) is 11.8 Å². The highest BCUT2D eigenvalue weighted by molar-refractivity contribution is 5.96. The Balaban J connectivity index is 3.31. The van der Waals surface area contributed by atoms with Crippen molar-refractivity contribution in [1.29, 1.82) is 0 Å². The van der Waals surface area contributed by atoms with Crippen LogP contribution in [0.1, 0.15) is 26.7 Å². The number of carbonyl (C=O) groups is 1. The zero-order valence-electron chi connectivity index (χ0n) is 11.8. The summed E-state index contributed by atoms with van der Waals surface area (Å²) in [4.78, 5) is 13.2. The van der Waals surface area contributed by atoms with E-state index in [0.717, 1.165) is 26.0 Å². The summed E-state index contributed by atoms with van der Waals surface area (Å²) in [7, 11) is 1.92. The standard InChI is InChI=1S/C14H25NO3/c1-4-7-14(16)13-15(3)8-6-10-18-12-11-17-9-5-2/h5-6,8-13H2,1-3H3. The van der Waals surface area contributed by atoms with E-state index in [2.05, 4.69) is 18.8 Å². The van der Waals surface area contributed by atoms with Gasteiger partial charge in [-0.1, -0.05) is 12.8 Å². The average Bonchev–Trinajstić information content (AvgIpc) is 2.32. The van der Waals surface area contributed by atoms with Crippen molar-refractivity contribution in [2.75, 3.05) is 46.6 Å². The van der Waals surface area contributed by atoms with E-state index in [9.17, 15) is 4.79 Å². The third-order valence-corrected chi connectivity index (χ3v) is 2.23. The summed E-state index contributed by atoms with van der Waals surface area (Å²) in [5, 5.41) is 0. The number of nitrogens with zero attached hydrogens (tertiary/aromatic N) is 1. The van der Waals surface area contributed by atoms with E-state index in [-0.39, 0.29) is 5.78 Å². The highest BCUT2D eigenvalue weighted by atomic mass is 16.5. The molecule has 0 saturated carbocycles. The number of likely N-dealkylation sites (N-methyl/N-ethyl adjacent to an activating group) is 1. The molecule has 0 aromatic heterocycles. The molecule has 0 aromatic carbocycles. The fourth-order valence-corrected chi connectivity index (χ4v) is 1.41. The molecule has 0 atom stereocenters. The molecule has 0 aliphatic heterocycles. The van der Waals surface area contributed by atoms with E-state index < -0.39 is 0 Å². The third kappa shape index (κ3) is 11.6. The van der Waals surface area contributed by atoms with Crippen molar-refractivity contribution in [2.24, 2.45) is 0 Å². The smallest absolute Gasteiger partial charge is 0.219 e. The van der Waals surface area contributed by atoms with E-state index in [1.165, 1.54) is 0 Å². The van der Waals surface area contributed by atoms with Gasteiger partial charge in [0, 0.05) is 19.8 Å². The molecular formula is C14H25NO3. The monoisotopic (exact) mass is 255 g/mol. The molecule has 0 radical (unpaired) electrons. The number of Topliss-reactive ketones (excluding diaryl/α,β-unsaturated/α-hetero) is 1. The number of ether oxygens (including phenoxy) is 2. The Morgan fingerprint density at radius 2 is 1.83 bits per heavy atom. The van der Waals surface area contributed by atoms with Crippen molar-refractivity contribution in [3.63, 3.8) is 0 Å². The maximum atomic E-state index is 11.2. The zero-order chi connectivity index (χ0) is 13.6. The summed E-state index contributed by atoms with van der Waals surface area (Å²) in [6.45, 7) is 7.79. The van der Waals surface area contributed by atoms with Crippen LogP contribution in [0.2, 0.25) is 0 Å². The highest BCUT2D eigenvalue weighted by Crippen LogP contribution is 1.90. The van der Waals surface area contributed by atoms with Crippen LogP contribution >= 0.6 is 0 Å². The SMILES string of the molecule is CC#CC(=O)CN(C)CCCOCCOCCC. The van der Waals surface area contributed by atoms with Gasteiger partial charge < -0.3 is 9.47 Å². The molecule has 0 N–H and O–H groups in total. The van der Waals surface area contributed by atoms with Gasteiger partial charge in [-0.2, -0.15) is 0 Å². The summed E-state index contributed by atoms with van der Waals surface area (Å²) in [6, 6.07) is 0. The summed E-state index contributed by atoms with van der Waals surface area (Å²) < 4.78 is 10.7. The molecule has 0 bridgehead atoms. The Hall–Kier alpha value is -0.890. The van der Waals surface area contributed by atoms with Crippen LogP contribution in [-0.4, -0.2) is 57.2 Å². The van der Waals surface area contributed by atoms with Gasteiger partial charge in [0.05, 0.1) is 19.8 Å². The minimum atomic E-state index is -0.0334. The van der Waals surface area contributed by atoms with E-state index >= 15 is 0 Å². The number of carbonyl (C=O) groups excluding carboxylic acids is 1. The van der Waals surface area contributed by atoms with Crippen molar-refractivity contribution in [3.8, 4) is 11.8 Å². The minimum absolute atomic E-state index is 0.0334. The first-order valence-corrected chi connectivity index (χ1v) is 6.50. The van der Waals surface area contributed by atoms with Gasteiger partial charge in [0.2, 0.25) is 5.78 Å². The van der Waals surface area contributed by atoms with Crippen LogP contribution in [0.3, 0.4) is 0 Å². The molecule has 0 rings (SSSR count). The van der Waals surface area contributed by atoms with Crippen molar-refractivity contribution < 1.29 is 14.3 Å². The molecule has 0 unspecified atom stereocenters. The van der Waals surface area contributed by atoms with E-state index in [4.69, 9.17) is 9.47 Å². The Morgan fingerprint density at radius 1 is 1.17 bits per heavy atom. The van der Waals surface area contributed by atoms with Gasteiger partial charge in [0.25, 0.3) is 0 Å². The molecule has 0 aliphatic carbocycles. The number of rotatable bonds is 11. The number of hydrogen-bond acceptors (Lipinski definition) is 4. The van der Waals surface area contributed by atoms with Gasteiger partial charge in [-0.05, 0) is 32.7 Å². The summed E-state index contributed by atoms with van der Waals surface area (Å²) in [5.41, 5.74) is 0. The number of ketones is 1. The summed E-state index contributed by atoms with van der Waals surface area (Å²) in [5.74, 6) is 5.10. The van der Waals surface area contributed by atoms with Crippen LogP contribution in [0.25, 0.3) is 0 Å². The van der Waals surface area contributed by atoms with Gasteiger partial charge in [-0.15, -0.1) is 0 Å². The van der Waals surface area contributed by atoms with Gasteiger partial charge in [0.1, 0.15) is 0 Å². The Kier molecular flexibility index (Phi) is 11.9. The maximum Gasteiger partial charge on any atom is 0.219 e. The second kappa shape index (κ2) is 12.6. The lowest BCUT2D eigenvalue weighted by Crippen LogP contribution is -2.27. The first-order chi connectivity index (χ1) is 8.70. The van der Waals surface area contributed by atoms with E-state index in [1.807, 2.05) is 11.9 Å². The van der Waals surface area contributed by atoms with Crippen molar-refractivity contribution in [1.82, 2.24) is 4.90 Å². The first-order valence-electron chi connectivity index (χ1n) is 6.50. The largest absolute Gasteiger partial charge is 0.379 e. The maximum absolute atomic E-state index is 11.2. The van der Waals surface area contributed by atoms with Crippen LogP contribution in [-0.2, 0) is 14.3 Å². The average molecular weight is 255 g/mol. The quantitative estimate of drug-likeness (QED) is 0.317. The fourth-order valence-electron chi connectivity index (χ4n) is 1.41. The highest BCUT2D eigenvalue weighted by Gasteiger charge is 2.03. The predicted octanol–water partition coefficient (Wildman–Crippen LogP) is 1.34. The summed E-state index contributed by atoms with van der Waals surface area (Å²) >= 11 is 0. The molecule has 4 heteroatoms. The lowest BCUT2D eigenvalue weighted by molar-refractivity contribution is -0.114. The molecular weight excluding hydrogens is 230 g/mol. The Morgan fingerprint density at radius 3 is 2.44 bits per heavy atom. The molecule has 0 spiro atoms. The Bertz CT molecular complexity index is 268. The van der Waals surface area contributed by atoms with Crippen LogP contribution < -0.4 is 0 Å². The van der Waals surface area contributed by atoms with Gasteiger partial charge >= 0.3 is 0 Å². The molecule has 0 fully saturated rings. The molecule has 104 valence electrons. The zero-order valence-corrected chi connectivity index (χ0v) is 11.8. The number of hydrogen-bond donors (Lipinski definition) is 0. The van der Waals surface area contributed by atoms with E-state index in [1.54, 1.807) is 6.92 Å². The molecule has 0 amide bonds. The fraction of sp³-hybridized carbons (Fsp3) is 0.786. The van der Waals surface area contributed by atoms with Crippen molar-refractivity contribution >= 4 is 5.78 Å². The minimum Gasteiger partial charge on any atom is -0.379 e. The molecule has 0 aliphatic rings. The Labute approximate surface area is 111 Å². The van der Waals surface area contributed by atoms with Crippen molar-refractivity contribution in [2.45, 2.75) is 26.7 Å². The van der Waals surface area contributed by atoms with Gasteiger partial charge in [-0.3, -0.25) is 9.69 Å². The second-order valence-corrected chi connectivity index (χ2v) is 4.11. The van der Waals surface area contributed by atoms with Crippen molar-refractivity contribution in [3.05, 3.63) is 0 Å². The molecule has 0 saturated heterocycles. The van der Waals surface area contributed by atoms with Crippen LogP contribution in [0.15, 0.2) is 0 Å². The van der Waals surface area contributed by atoms with Crippen LogP contribution in [0.4, 0.5) is 0 Å². The molecule has 4 nitrogen and oxygen atoms in total.